The highest BCUT2D eigenvalue weighted by Gasteiger charge is 2.50. The zero-order valence-electron chi connectivity index (χ0n) is 25.8. The van der Waals surface area contributed by atoms with Crippen molar-refractivity contribution in [2.75, 3.05) is 6.54 Å². The summed E-state index contributed by atoms with van der Waals surface area (Å²) in [5, 5.41) is 31.0. The van der Waals surface area contributed by atoms with E-state index in [9.17, 15) is 29.7 Å². The maximum absolute atomic E-state index is 11.8. The minimum absolute atomic E-state index is 0.190. The maximum atomic E-state index is 11.8. The summed E-state index contributed by atoms with van der Waals surface area (Å²) in [4.78, 5) is 35.3. The van der Waals surface area contributed by atoms with Gasteiger partial charge in [0.25, 0.3) is 0 Å². The van der Waals surface area contributed by atoms with E-state index in [2.05, 4.69) is 6.92 Å². The van der Waals surface area contributed by atoms with Crippen LogP contribution < -0.4 is 5.11 Å². The van der Waals surface area contributed by atoms with Gasteiger partial charge in [0, 0.05) is 0 Å². The number of carboxylic acids is 3. The van der Waals surface area contributed by atoms with Crippen LogP contribution in [-0.4, -0.2) is 57.3 Å². The molecule has 0 radical (unpaired) electrons. The zero-order chi connectivity index (χ0) is 29.5. The lowest BCUT2D eigenvalue weighted by Gasteiger charge is -2.49. The molecule has 0 fully saturated rings. The van der Waals surface area contributed by atoms with Gasteiger partial charge in [0.05, 0.1) is 12.5 Å². The first-order chi connectivity index (χ1) is 18.6. The van der Waals surface area contributed by atoms with E-state index in [0.29, 0.717) is 6.42 Å². The molecular formula is C32H61NO6. The van der Waals surface area contributed by atoms with Crippen LogP contribution in [0.4, 0.5) is 0 Å². The number of carboxylic acid groups (broad SMARTS) is 3. The van der Waals surface area contributed by atoms with Gasteiger partial charge in [-0.15, -0.1) is 0 Å². The molecule has 0 amide bonds. The predicted octanol–water partition coefficient (Wildman–Crippen LogP) is 7.10. The van der Waals surface area contributed by atoms with Crippen molar-refractivity contribution >= 4 is 17.9 Å². The molecule has 0 bridgehead atoms. The monoisotopic (exact) mass is 555 g/mol. The van der Waals surface area contributed by atoms with E-state index in [-0.39, 0.29) is 6.54 Å². The van der Waals surface area contributed by atoms with Gasteiger partial charge in [0.1, 0.15) is 6.04 Å². The zero-order valence-corrected chi connectivity index (χ0v) is 25.8. The Morgan fingerprint density at radius 3 is 1.00 bits per heavy atom. The van der Waals surface area contributed by atoms with Crippen LogP contribution in [0.2, 0.25) is 0 Å². The number of carbonyl (C=O) groups excluding carboxylic acids is 1. The molecule has 0 aromatic rings. The van der Waals surface area contributed by atoms with Crippen molar-refractivity contribution in [1.29, 1.82) is 0 Å². The Bertz CT molecular complexity index is 602. The summed E-state index contributed by atoms with van der Waals surface area (Å²) in [5.74, 6) is -3.81. The number of aliphatic carboxylic acids is 3. The fourth-order valence-electron chi connectivity index (χ4n) is 6.01. The van der Waals surface area contributed by atoms with Crippen molar-refractivity contribution in [3.05, 3.63) is 0 Å². The molecule has 7 nitrogen and oxygen atoms in total. The van der Waals surface area contributed by atoms with Crippen LogP contribution in [-0.2, 0) is 14.4 Å². The van der Waals surface area contributed by atoms with Crippen molar-refractivity contribution in [3.8, 4) is 0 Å². The van der Waals surface area contributed by atoms with Crippen molar-refractivity contribution in [1.82, 2.24) is 0 Å². The van der Waals surface area contributed by atoms with Crippen LogP contribution in [0.5, 0.6) is 0 Å². The highest BCUT2D eigenvalue weighted by Crippen LogP contribution is 2.27. The van der Waals surface area contributed by atoms with E-state index in [1.807, 2.05) is 0 Å². The second-order valence-electron chi connectivity index (χ2n) is 11.8. The van der Waals surface area contributed by atoms with Gasteiger partial charge in [-0.3, -0.25) is 4.48 Å². The lowest BCUT2D eigenvalue weighted by molar-refractivity contribution is -0.969. The maximum Gasteiger partial charge on any atom is 0.362 e. The third-order valence-corrected chi connectivity index (χ3v) is 8.87. The fourth-order valence-corrected chi connectivity index (χ4v) is 6.01. The van der Waals surface area contributed by atoms with Crippen molar-refractivity contribution in [3.63, 3.8) is 0 Å². The van der Waals surface area contributed by atoms with Gasteiger partial charge in [-0.25, -0.2) is 9.59 Å². The molecule has 3 unspecified atom stereocenters. The summed E-state index contributed by atoms with van der Waals surface area (Å²) in [6.45, 7) is 6.63. The van der Waals surface area contributed by atoms with Gasteiger partial charge in [0.2, 0.25) is 0 Å². The lowest BCUT2D eigenvalue weighted by atomic mass is 9.99. The topological polar surface area (TPSA) is 115 Å². The van der Waals surface area contributed by atoms with Crippen LogP contribution in [0.3, 0.4) is 0 Å². The normalized spacial score (nSPS) is 15.4. The Morgan fingerprint density at radius 1 is 0.513 bits per heavy atom. The smallest absolute Gasteiger partial charge is 0.362 e. The minimum atomic E-state index is -1.42. The average molecular weight is 556 g/mol. The summed E-state index contributed by atoms with van der Waals surface area (Å²) < 4.78 is -0.536. The first-order valence-electron chi connectivity index (χ1n) is 16.2. The molecular weight excluding hydrogens is 494 g/mol. The van der Waals surface area contributed by atoms with E-state index in [4.69, 9.17) is 0 Å². The molecule has 2 N–H and O–H groups in total. The molecule has 0 rings (SSSR count). The molecule has 0 saturated carbocycles. The summed E-state index contributed by atoms with van der Waals surface area (Å²) >= 11 is 0. The number of rotatable bonds is 28. The lowest BCUT2D eigenvalue weighted by Crippen LogP contribution is -2.72. The summed E-state index contributed by atoms with van der Waals surface area (Å²) in [6, 6.07) is -3.55. The molecule has 0 saturated heterocycles. The Kier molecular flexibility index (Phi) is 22.1. The average Bonchev–Trinajstić information content (AvgIpc) is 2.90. The first kappa shape index (κ1) is 37.4. The number of carbonyl (C=O) groups is 3. The van der Waals surface area contributed by atoms with Crippen LogP contribution in [0.15, 0.2) is 0 Å². The molecule has 0 aliphatic heterocycles. The Balaban J connectivity index is 3.97. The van der Waals surface area contributed by atoms with Crippen LogP contribution >= 0.6 is 0 Å². The van der Waals surface area contributed by atoms with Crippen molar-refractivity contribution < 1.29 is 34.2 Å². The number of hydrogen-bond acceptors (Lipinski definition) is 4. The summed E-state index contributed by atoms with van der Waals surface area (Å²) in [6.07, 6.45) is 26.5. The van der Waals surface area contributed by atoms with E-state index in [1.165, 1.54) is 130 Å². The number of quaternary nitrogens is 1. The van der Waals surface area contributed by atoms with Gasteiger partial charge >= 0.3 is 11.9 Å². The largest absolute Gasteiger partial charge is 0.544 e. The second-order valence-corrected chi connectivity index (χ2v) is 11.8. The van der Waals surface area contributed by atoms with Crippen molar-refractivity contribution in [2.45, 2.75) is 181 Å². The molecule has 0 heterocycles. The standard InChI is InChI=1S/C32H61NO6/c1-5-6-7-8-9-10-11-12-13-14-15-16-17-18-19-20-21-22-23-24-25-26-33(27(2)30(34)35,28(3)31(36)37)29(4)32(38)39/h27-29H,5-26H2,1-4H3,(H2-,34,35,36,37,38,39). The van der Waals surface area contributed by atoms with E-state index in [0.717, 1.165) is 19.3 Å². The van der Waals surface area contributed by atoms with Crippen LogP contribution in [0, 0.1) is 0 Å². The summed E-state index contributed by atoms with van der Waals surface area (Å²) in [5.41, 5.74) is 0. The number of hydrogen-bond donors (Lipinski definition) is 2. The minimum Gasteiger partial charge on any atom is -0.544 e. The van der Waals surface area contributed by atoms with Gasteiger partial charge < -0.3 is 20.1 Å². The Morgan fingerprint density at radius 2 is 0.769 bits per heavy atom. The second kappa shape index (κ2) is 23.1. The van der Waals surface area contributed by atoms with Crippen molar-refractivity contribution in [2.24, 2.45) is 0 Å². The fraction of sp³-hybridized carbons (Fsp3) is 0.906. The SMILES string of the molecule is CCCCCCCCCCCCCCCCCCCCCCC[N+](C(C)C(=O)[O-])(C(C)C(=O)O)C(C)C(=O)O. The van der Waals surface area contributed by atoms with Gasteiger partial charge in [-0.1, -0.05) is 129 Å². The quantitative estimate of drug-likeness (QED) is 0.0786. The Labute approximate surface area is 239 Å². The van der Waals surface area contributed by atoms with E-state index in [1.54, 1.807) is 0 Å². The highest BCUT2D eigenvalue weighted by molar-refractivity contribution is 5.76. The molecule has 7 heteroatoms. The van der Waals surface area contributed by atoms with Gasteiger partial charge in [-0.2, -0.15) is 0 Å². The van der Waals surface area contributed by atoms with E-state index >= 15 is 0 Å². The van der Waals surface area contributed by atoms with Crippen LogP contribution in [0.25, 0.3) is 0 Å². The summed E-state index contributed by atoms with van der Waals surface area (Å²) in [7, 11) is 0. The molecule has 0 aliphatic rings. The third kappa shape index (κ3) is 15.7. The Hall–Kier alpha value is -1.63. The molecule has 39 heavy (non-hydrogen) atoms. The molecule has 230 valence electrons. The molecule has 0 aromatic carbocycles. The van der Waals surface area contributed by atoms with E-state index < -0.39 is 40.5 Å². The molecule has 0 aliphatic carbocycles. The highest BCUT2D eigenvalue weighted by atomic mass is 16.4. The first-order valence-corrected chi connectivity index (χ1v) is 16.2. The van der Waals surface area contributed by atoms with Gasteiger partial charge in [0.15, 0.2) is 12.1 Å². The molecule has 0 aromatic heterocycles. The molecule has 3 atom stereocenters. The van der Waals surface area contributed by atoms with Crippen LogP contribution in [0.1, 0.15) is 163 Å². The third-order valence-electron chi connectivity index (χ3n) is 8.87. The predicted molar refractivity (Wildman–Crippen MR) is 156 cm³/mol. The van der Waals surface area contributed by atoms with Gasteiger partial charge in [-0.05, 0) is 33.6 Å². The number of nitrogens with zero attached hydrogens (tertiary/aromatic N) is 1. The molecule has 0 spiro atoms. The number of unbranched alkanes of at least 4 members (excludes halogenated alkanes) is 20.